The minimum absolute atomic E-state index is 0.00888. The van der Waals surface area contributed by atoms with Crippen molar-refractivity contribution in [3.63, 3.8) is 0 Å². The molecule has 0 aliphatic carbocycles. The van der Waals surface area contributed by atoms with Crippen molar-refractivity contribution in [2.45, 2.75) is 6.61 Å². The van der Waals surface area contributed by atoms with Crippen molar-refractivity contribution in [2.24, 2.45) is 0 Å². The van der Waals surface area contributed by atoms with Crippen LogP contribution in [0.25, 0.3) is 5.65 Å². The minimum Gasteiger partial charge on any atom is -0.458 e. The molecule has 1 amide bonds. The van der Waals surface area contributed by atoms with Gasteiger partial charge in [0.15, 0.2) is 0 Å². The zero-order valence-corrected chi connectivity index (χ0v) is 14.4. The van der Waals surface area contributed by atoms with Crippen molar-refractivity contribution in [3.05, 3.63) is 70.1 Å². The number of imidazole rings is 1. The van der Waals surface area contributed by atoms with E-state index in [4.69, 9.17) is 27.9 Å². The maximum Gasteiger partial charge on any atom is 0.325 e. The Morgan fingerprint density at radius 3 is 2.52 bits per heavy atom. The first kappa shape index (κ1) is 17.3. The number of nitrogens with zero attached hydrogens (tertiary/aromatic N) is 2. The van der Waals surface area contributed by atoms with Crippen LogP contribution in [-0.4, -0.2) is 27.8 Å². The van der Waals surface area contributed by atoms with E-state index in [-0.39, 0.29) is 19.1 Å². The second kappa shape index (κ2) is 7.55. The summed E-state index contributed by atoms with van der Waals surface area (Å²) in [5, 5.41) is 3.60. The van der Waals surface area contributed by atoms with Crippen LogP contribution in [0.15, 0.2) is 48.8 Å². The Bertz CT molecular complexity index is 923. The molecule has 25 heavy (non-hydrogen) atoms. The third-order valence-electron chi connectivity index (χ3n) is 3.35. The minimum atomic E-state index is -0.558. The van der Waals surface area contributed by atoms with E-state index in [1.165, 1.54) is 0 Å². The van der Waals surface area contributed by atoms with Crippen LogP contribution in [0.2, 0.25) is 10.0 Å². The van der Waals surface area contributed by atoms with Crippen LogP contribution in [0, 0.1) is 0 Å². The average Bonchev–Trinajstić information content (AvgIpc) is 3.00. The summed E-state index contributed by atoms with van der Waals surface area (Å²) in [4.78, 5) is 28.0. The molecule has 0 atom stereocenters. The van der Waals surface area contributed by atoms with Gasteiger partial charge in [-0.15, -0.1) is 0 Å². The number of rotatable bonds is 5. The predicted octanol–water partition coefficient (Wildman–Crippen LogP) is 3.11. The summed E-state index contributed by atoms with van der Waals surface area (Å²) >= 11 is 11.7. The Kier molecular flexibility index (Phi) is 5.21. The third-order valence-corrected chi connectivity index (χ3v) is 3.82. The lowest BCUT2D eigenvalue weighted by Crippen LogP contribution is -2.30. The zero-order chi connectivity index (χ0) is 17.8. The molecule has 0 bridgehead atoms. The van der Waals surface area contributed by atoms with E-state index in [1.807, 2.05) is 0 Å². The van der Waals surface area contributed by atoms with Gasteiger partial charge in [-0.05, 0) is 36.4 Å². The molecule has 0 saturated heterocycles. The fourth-order valence-corrected chi connectivity index (χ4v) is 2.44. The van der Waals surface area contributed by atoms with Crippen LogP contribution in [-0.2, 0) is 16.1 Å². The fraction of sp³-hybridized carbons (Fsp3) is 0.118. The number of hydrogen-bond acceptors (Lipinski definition) is 4. The van der Waals surface area contributed by atoms with Crippen molar-refractivity contribution >= 4 is 40.7 Å². The molecule has 1 aromatic carbocycles. The number of esters is 1. The summed E-state index contributed by atoms with van der Waals surface area (Å²) in [6, 6.07) is 9.84. The van der Waals surface area contributed by atoms with Gasteiger partial charge in [0.1, 0.15) is 18.8 Å². The molecule has 6 nitrogen and oxygen atoms in total. The number of halogens is 2. The molecule has 1 N–H and O–H groups in total. The molecular weight excluding hydrogens is 365 g/mol. The van der Waals surface area contributed by atoms with Crippen molar-refractivity contribution in [1.82, 2.24) is 14.7 Å². The molecule has 0 spiro atoms. The van der Waals surface area contributed by atoms with E-state index >= 15 is 0 Å². The summed E-state index contributed by atoms with van der Waals surface area (Å²) < 4.78 is 6.85. The van der Waals surface area contributed by atoms with Gasteiger partial charge < -0.3 is 14.5 Å². The summed E-state index contributed by atoms with van der Waals surface area (Å²) in [6.07, 6.45) is 3.43. The van der Waals surface area contributed by atoms with Crippen LogP contribution in [0.1, 0.15) is 16.1 Å². The highest BCUT2D eigenvalue weighted by molar-refractivity contribution is 6.30. The Labute approximate surface area is 153 Å². The van der Waals surface area contributed by atoms with E-state index in [0.29, 0.717) is 26.9 Å². The fourth-order valence-electron chi connectivity index (χ4n) is 2.15. The summed E-state index contributed by atoms with van der Waals surface area (Å²) in [6.45, 7) is -0.227. The molecule has 2 heterocycles. The molecule has 3 rings (SSSR count). The summed E-state index contributed by atoms with van der Waals surface area (Å²) in [7, 11) is 0. The Morgan fingerprint density at radius 2 is 1.76 bits per heavy atom. The van der Waals surface area contributed by atoms with Crippen LogP contribution in [0.4, 0.5) is 0 Å². The van der Waals surface area contributed by atoms with E-state index < -0.39 is 5.97 Å². The van der Waals surface area contributed by atoms with Crippen LogP contribution in [0.3, 0.4) is 0 Å². The van der Waals surface area contributed by atoms with E-state index in [0.717, 1.165) is 0 Å². The summed E-state index contributed by atoms with van der Waals surface area (Å²) in [5.41, 5.74) is 1.69. The molecule has 0 unspecified atom stereocenters. The predicted molar refractivity (Wildman–Crippen MR) is 93.8 cm³/mol. The second-order valence-corrected chi connectivity index (χ2v) is 6.07. The number of nitrogens with one attached hydrogen (secondary N) is 1. The first-order chi connectivity index (χ1) is 12.0. The Morgan fingerprint density at radius 1 is 1.04 bits per heavy atom. The highest BCUT2D eigenvalue weighted by Crippen LogP contribution is 2.12. The maximum absolute atomic E-state index is 11.9. The number of ether oxygens (including phenoxy) is 1. The lowest BCUT2D eigenvalue weighted by atomic mass is 10.2. The number of fused-ring (bicyclic) bond motifs is 1. The molecule has 0 radical (unpaired) electrons. The molecular formula is C17H13Cl2N3O3. The van der Waals surface area contributed by atoms with Gasteiger partial charge in [0, 0.05) is 23.0 Å². The third kappa shape index (κ3) is 4.49. The standard InChI is InChI=1S/C17H13Cl2N3O3/c18-12-3-1-11(2-4-12)17(24)20-7-16(23)25-10-14-9-22-8-13(19)5-6-15(22)21-14/h1-6,8-9H,7,10H2,(H,20,24). The quantitative estimate of drug-likeness (QED) is 0.693. The largest absolute Gasteiger partial charge is 0.458 e. The molecule has 2 aromatic heterocycles. The highest BCUT2D eigenvalue weighted by atomic mass is 35.5. The Balaban J connectivity index is 1.50. The normalized spacial score (nSPS) is 10.6. The SMILES string of the molecule is O=C(CNC(=O)c1ccc(Cl)cc1)OCc1cn2cc(Cl)ccc2n1. The molecule has 0 aliphatic rings. The Hall–Kier alpha value is -2.57. The van der Waals surface area contributed by atoms with Gasteiger partial charge in [-0.1, -0.05) is 23.2 Å². The highest BCUT2D eigenvalue weighted by Gasteiger charge is 2.10. The maximum atomic E-state index is 11.9. The molecule has 0 aliphatic heterocycles. The molecule has 0 fully saturated rings. The molecule has 3 aromatic rings. The van der Waals surface area contributed by atoms with Crippen molar-refractivity contribution in [3.8, 4) is 0 Å². The van der Waals surface area contributed by atoms with Gasteiger partial charge in [-0.2, -0.15) is 0 Å². The van der Waals surface area contributed by atoms with Gasteiger partial charge in [0.05, 0.1) is 10.7 Å². The van der Waals surface area contributed by atoms with Gasteiger partial charge in [-0.25, -0.2) is 4.98 Å². The first-order valence-electron chi connectivity index (χ1n) is 7.34. The van der Waals surface area contributed by atoms with Crippen molar-refractivity contribution in [2.75, 3.05) is 6.54 Å². The smallest absolute Gasteiger partial charge is 0.325 e. The molecule has 8 heteroatoms. The topological polar surface area (TPSA) is 72.7 Å². The number of amides is 1. The second-order valence-electron chi connectivity index (χ2n) is 5.20. The number of carbonyl (C=O) groups is 2. The van der Waals surface area contributed by atoms with Crippen LogP contribution >= 0.6 is 23.2 Å². The van der Waals surface area contributed by atoms with Crippen molar-refractivity contribution in [1.29, 1.82) is 0 Å². The number of benzene rings is 1. The van der Waals surface area contributed by atoms with E-state index in [9.17, 15) is 9.59 Å². The van der Waals surface area contributed by atoms with Crippen LogP contribution in [0.5, 0.6) is 0 Å². The molecule has 0 saturated carbocycles. The number of hydrogen-bond donors (Lipinski definition) is 1. The van der Waals surface area contributed by atoms with E-state index in [2.05, 4.69) is 10.3 Å². The van der Waals surface area contributed by atoms with Gasteiger partial charge in [0.2, 0.25) is 0 Å². The van der Waals surface area contributed by atoms with Gasteiger partial charge in [-0.3, -0.25) is 9.59 Å². The van der Waals surface area contributed by atoms with Gasteiger partial charge >= 0.3 is 5.97 Å². The van der Waals surface area contributed by atoms with Crippen LogP contribution < -0.4 is 5.32 Å². The number of carbonyl (C=O) groups excluding carboxylic acids is 2. The number of aromatic nitrogens is 2. The molecule has 128 valence electrons. The lowest BCUT2D eigenvalue weighted by molar-refractivity contribution is -0.143. The van der Waals surface area contributed by atoms with Gasteiger partial charge in [0.25, 0.3) is 5.91 Å². The lowest BCUT2D eigenvalue weighted by Gasteiger charge is -2.05. The first-order valence-corrected chi connectivity index (χ1v) is 8.09. The zero-order valence-electron chi connectivity index (χ0n) is 12.9. The van der Waals surface area contributed by atoms with Crippen molar-refractivity contribution < 1.29 is 14.3 Å². The summed E-state index contributed by atoms with van der Waals surface area (Å²) in [5.74, 6) is -0.937. The average molecular weight is 378 g/mol. The monoisotopic (exact) mass is 377 g/mol. The number of pyridine rings is 1. The van der Waals surface area contributed by atoms with E-state index in [1.54, 1.807) is 53.2 Å².